The number of nitrogens with zero attached hydrogens (tertiary/aromatic N) is 1. The molecule has 2 aromatic carbocycles. The van der Waals surface area contributed by atoms with Crippen molar-refractivity contribution in [3.05, 3.63) is 83.2 Å². The molecule has 0 unspecified atom stereocenters. The molecule has 0 aromatic heterocycles. The Bertz CT molecular complexity index is 1340. The van der Waals surface area contributed by atoms with E-state index in [2.05, 4.69) is 86.6 Å². The smallest absolute Gasteiger partial charge is 0.414 e. The molecule has 0 bridgehead atoms. The maximum atomic E-state index is 14.5. The summed E-state index contributed by atoms with van der Waals surface area (Å²) in [6.07, 6.45) is 4.22. The van der Waals surface area contributed by atoms with Crippen molar-refractivity contribution in [1.82, 2.24) is 4.90 Å². The lowest BCUT2D eigenvalue weighted by molar-refractivity contribution is -0.116. The fourth-order valence-corrected chi connectivity index (χ4v) is 15.7. The Morgan fingerprint density at radius 3 is 2.00 bits per heavy atom. The third-order valence-corrected chi connectivity index (χ3v) is 18.3. The van der Waals surface area contributed by atoms with Gasteiger partial charge in [-0.15, -0.1) is 0 Å². The van der Waals surface area contributed by atoms with Crippen LogP contribution in [-0.2, 0) is 14.9 Å². The molecule has 4 atom stereocenters. The number of carbonyl (C=O) groups is 3. The van der Waals surface area contributed by atoms with E-state index in [-0.39, 0.29) is 41.8 Å². The van der Waals surface area contributed by atoms with Crippen molar-refractivity contribution in [3.63, 3.8) is 0 Å². The van der Waals surface area contributed by atoms with Gasteiger partial charge in [0.05, 0.1) is 6.04 Å². The summed E-state index contributed by atoms with van der Waals surface area (Å²) in [5.41, 5.74) is 2.57. The largest absolute Gasteiger partial charge is 0.446 e. The van der Waals surface area contributed by atoms with E-state index in [4.69, 9.17) is 4.74 Å². The van der Waals surface area contributed by atoms with Crippen LogP contribution in [0.3, 0.4) is 0 Å². The van der Waals surface area contributed by atoms with Gasteiger partial charge in [0.1, 0.15) is 14.2 Å². The molecule has 2 aliphatic rings. The van der Waals surface area contributed by atoms with Gasteiger partial charge in [0, 0.05) is 30.5 Å². The van der Waals surface area contributed by atoms with Gasteiger partial charge in [0.2, 0.25) is 0 Å². The SMILES string of the molecule is CC(C)[Si](C1=CN(C(=O)O[C@@H]2C[C@H](C)CC[C@H]2C(C)(C)c2ccccc2)[C@H](CC(=O)c2ccccc2)CC1=O)(C(C)C)C(C)C. The Hall–Kier alpha value is -2.99. The Morgan fingerprint density at radius 1 is 0.889 bits per heavy atom. The molecule has 1 heterocycles. The van der Waals surface area contributed by atoms with Crippen molar-refractivity contribution in [2.45, 2.75) is 129 Å². The van der Waals surface area contributed by atoms with E-state index < -0.39 is 20.2 Å². The molecule has 0 saturated heterocycles. The lowest BCUT2D eigenvalue weighted by Crippen LogP contribution is -2.54. The van der Waals surface area contributed by atoms with Crippen LogP contribution in [-0.4, -0.2) is 42.8 Å². The lowest BCUT2D eigenvalue weighted by atomic mass is 9.64. The van der Waals surface area contributed by atoms with Crippen LogP contribution in [0.25, 0.3) is 0 Å². The molecule has 1 aliphatic heterocycles. The summed E-state index contributed by atoms with van der Waals surface area (Å²) in [6, 6.07) is 19.1. The fraction of sp³-hybridized carbons (Fsp3) is 0.564. The van der Waals surface area contributed by atoms with Gasteiger partial charge in [-0.25, -0.2) is 4.79 Å². The van der Waals surface area contributed by atoms with Crippen LogP contribution in [0.15, 0.2) is 72.1 Å². The number of benzene rings is 2. The fourth-order valence-electron chi connectivity index (χ4n) is 8.91. The third-order valence-electron chi connectivity index (χ3n) is 11.2. The van der Waals surface area contributed by atoms with Crippen LogP contribution in [0.1, 0.15) is 110 Å². The Balaban J connectivity index is 1.74. The maximum Gasteiger partial charge on any atom is 0.414 e. The average molecular weight is 630 g/mol. The van der Waals surface area contributed by atoms with E-state index in [0.29, 0.717) is 28.1 Å². The molecule has 244 valence electrons. The van der Waals surface area contributed by atoms with E-state index >= 15 is 0 Å². The quantitative estimate of drug-likeness (QED) is 0.194. The number of amides is 1. The molecule has 1 saturated carbocycles. The minimum atomic E-state index is -2.38. The molecular formula is C39H55NO4Si. The van der Waals surface area contributed by atoms with E-state index in [0.717, 1.165) is 24.5 Å². The van der Waals surface area contributed by atoms with Crippen molar-refractivity contribution < 1.29 is 19.1 Å². The zero-order valence-electron chi connectivity index (χ0n) is 29.0. The van der Waals surface area contributed by atoms with Crippen LogP contribution in [0.2, 0.25) is 16.6 Å². The van der Waals surface area contributed by atoms with Crippen molar-refractivity contribution in [2.24, 2.45) is 11.8 Å². The molecule has 1 fully saturated rings. The van der Waals surface area contributed by atoms with Crippen molar-refractivity contribution in [3.8, 4) is 0 Å². The molecule has 0 radical (unpaired) electrons. The first-order chi connectivity index (χ1) is 21.2. The highest BCUT2D eigenvalue weighted by molar-refractivity contribution is 6.93. The van der Waals surface area contributed by atoms with Gasteiger partial charge >= 0.3 is 6.09 Å². The molecule has 1 aliphatic carbocycles. The number of ketones is 2. The third kappa shape index (κ3) is 7.06. The second-order valence-electron chi connectivity index (χ2n) is 15.2. The average Bonchev–Trinajstić information content (AvgIpc) is 2.98. The van der Waals surface area contributed by atoms with Crippen LogP contribution in [0.4, 0.5) is 4.79 Å². The van der Waals surface area contributed by atoms with E-state index in [1.807, 2.05) is 30.5 Å². The minimum Gasteiger partial charge on any atom is -0.446 e. The second kappa shape index (κ2) is 14.2. The molecule has 2 aromatic rings. The number of allylic oxidation sites excluding steroid dienone is 1. The molecular weight excluding hydrogens is 575 g/mol. The first kappa shape index (κ1) is 34.9. The standard InChI is InChI=1S/C39H55NO4Si/c1-26(2)45(27(3)4,28(5)6)37-25-40(32(24-35(37)42)23-34(41)30-16-12-10-13-17-30)38(43)44-36-22-29(7)20-21-33(36)39(8,9)31-18-14-11-15-19-31/h10-19,25-29,32-33,36H,20-24H2,1-9H3/t29-,32-,33-,36-/m1/s1. The number of hydrogen-bond donors (Lipinski definition) is 0. The molecule has 45 heavy (non-hydrogen) atoms. The summed E-state index contributed by atoms with van der Waals surface area (Å²) in [5.74, 6) is 0.604. The predicted octanol–water partition coefficient (Wildman–Crippen LogP) is 9.92. The number of ether oxygens (including phenoxy) is 1. The van der Waals surface area contributed by atoms with Crippen LogP contribution in [0.5, 0.6) is 0 Å². The molecule has 0 N–H and O–H groups in total. The predicted molar refractivity (Wildman–Crippen MR) is 186 cm³/mol. The Kier molecular flexibility index (Phi) is 11.0. The van der Waals surface area contributed by atoms with Gasteiger partial charge in [0.25, 0.3) is 0 Å². The number of rotatable bonds is 10. The van der Waals surface area contributed by atoms with Crippen LogP contribution >= 0.6 is 0 Å². The summed E-state index contributed by atoms with van der Waals surface area (Å²) >= 11 is 0. The molecule has 6 heteroatoms. The van der Waals surface area contributed by atoms with Gasteiger partial charge in [-0.1, -0.05) is 129 Å². The van der Waals surface area contributed by atoms with Crippen molar-refractivity contribution in [2.75, 3.05) is 0 Å². The van der Waals surface area contributed by atoms with Gasteiger partial charge in [-0.2, -0.15) is 0 Å². The normalized spacial score (nSPS) is 23.0. The highest BCUT2D eigenvalue weighted by atomic mass is 28.3. The summed E-state index contributed by atoms with van der Waals surface area (Å²) in [6.45, 7) is 20.1. The van der Waals surface area contributed by atoms with E-state index in [9.17, 15) is 14.4 Å². The molecule has 1 amide bonds. The number of Topliss-reactive ketones (excluding diaryl/α,β-unsaturated/α-hetero) is 2. The van der Waals surface area contributed by atoms with Gasteiger partial charge < -0.3 is 4.74 Å². The topological polar surface area (TPSA) is 63.7 Å². The monoisotopic (exact) mass is 629 g/mol. The minimum absolute atomic E-state index is 0.0717. The maximum absolute atomic E-state index is 14.5. The Labute approximate surface area is 272 Å². The highest BCUT2D eigenvalue weighted by Gasteiger charge is 2.51. The molecule has 0 spiro atoms. The zero-order chi connectivity index (χ0) is 33.1. The van der Waals surface area contributed by atoms with Crippen LogP contribution in [0, 0.1) is 11.8 Å². The molecule has 4 rings (SSSR count). The second-order valence-corrected chi connectivity index (χ2v) is 21.0. The van der Waals surface area contributed by atoms with Gasteiger partial charge in [0.15, 0.2) is 11.6 Å². The summed E-state index contributed by atoms with van der Waals surface area (Å²) in [7, 11) is -2.38. The zero-order valence-corrected chi connectivity index (χ0v) is 30.0. The first-order valence-corrected chi connectivity index (χ1v) is 19.3. The van der Waals surface area contributed by atoms with Gasteiger partial charge in [-0.05, 0) is 51.6 Å². The summed E-state index contributed by atoms with van der Waals surface area (Å²) < 4.78 is 6.55. The highest BCUT2D eigenvalue weighted by Crippen LogP contribution is 2.49. The van der Waals surface area contributed by atoms with E-state index in [1.165, 1.54) is 5.56 Å². The number of carbonyl (C=O) groups excluding carboxylic acids is 3. The van der Waals surface area contributed by atoms with Crippen molar-refractivity contribution >= 4 is 25.7 Å². The van der Waals surface area contributed by atoms with Crippen LogP contribution < -0.4 is 0 Å². The van der Waals surface area contributed by atoms with Crippen molar-refractivity contribution in [1.29, 1.82) is 0 Å². The summed E-state index contributed by atoms with van der Waals surface area (Å²) in [5, 5.41) is 0.820. The Morgan fingerprint density at radius 2 is 1.44 bits per heavy atom. The molecule has 5 nitrogen and oxygen atoms in total. The first-order valence-electron chi connectivity index (χ1n) is 17.1. The van der Waals surface area contributed by atoms with E-state index in [1.54, 1.807) is 17.0 Å². The number of hydrogen-bond acceptors (Lipinski definition) is 4. The summed E-state index contributed by atoms with van der Waals surface area (Å²) in [4.78, 5) is 43.7. The van der Waals surface area contributed by atoms with Gasteiger partial charge in [-0.3, -0.25) is 14.5 Å². The lowest BCUT2D eigenvalue weighted by Gasteiger charge is -2.47.